The van der Waals surface area contributed by atoms with Gasteiger partial charge in [0.05, 0.1) is 22.4 Å². The van der Waals surface area contributed by atoms with Gasteiger partial charge in [0.15, 0.2) is 0 Å². The first-order chi connectivity index (χ1) is 32.1. The quantitative estimate of drug-likeness (QED) is 0.149. The summed E-state index contributed by atoms with van der Waals surface area (Å²) in [6, 6.07) is 55.6. The van der Waals surface area contributed by atoms with Crippen LogP contribution in [-0.4, -0.2) is 14.5 Å². The number of aryl methyl sites for hydroxylation is 1. The zero-order valence-corrected chi connectivity index (χ0v) is 40.0. The van der Waals surface area contributed by atoms with E-state index in [9.17, 15) is 4.39 Å². The van der Waals surface area contributed by atoms with E-state index in [1.54, 1.807) is 12.3 Å². The SMILES string of the molecule is CC(C)(C)c1ccnc(-c2[c-]cc(F)cc2)c1.[2H]C([2H])([2H])c1c(-c2ccccc2)ccc2c1oc1c(-c3nc4ccccc4n3-c3c(C(C)C)cc(-c4ccccc4)cc3C(C)C)[c-]ccc12.[Ir]. The molecule has 0 aliphatic carbocycles. The summed E-state index contributed by atoms with van der Waals surface area (Å²) < 4.78 is 47.7. The van der Waals surface area contributed by atoms with Crippen LogP contribution in [0.15, 0.2) is 162 Å². The molecule has 0 amide bonds. The van der Waals surface area contributed by atoms with Crippen LogP contribution in [0.25, 0.3) is 83.6 Å². The predicted octanol–water partition coefficient (Wildman–Crippen LogP) is 16.3. The first-order valence-electron chi connectivity index (χ1n) is 23.4. The van der Waals surface area contributed by atoms with Crippen LogP contribution in [0.2, 0.25) is 0 Å². The second-order valence-electron chi connectivity index (χ2n) is 18.0. The molecule has 10 rings (SSSR count). The Morgan fingerprint density at radius 1 is 0.692 bits per heavy atom. The number of furan rings is 1. The summed E-state index contributed by atoms with van der Waals surface area (Å²) in [7, 11) is 0. The maximum atomic E-state index is 12.8. The van der Waals surface area contributed by atoms with E-state index in [0.29, 0.717) is 28.1 Å². The predicted molar refractivity (Wildman–Crippen MR) is 264 cm³/mol. The zero-order chi connectivity index (χ0) is 47.2. The van der Waals surface area contributed by atoms with Gasteiger partial charge in [-0.05, 0) is 105 Å². The molecule has 0 aliphatic rings. The summed E-state index contributed by atoms with van der Waals surface area (Å²) in [6.07, 6.45) is 1.78. The summed E-state index contributed by atoms with van der Waals surface area (Å²) in [5.41, 5.74) is 14.0. The van der Waals surface area contributed by atoms with Crippen LogP contribution in [0, 0.1) is 24.8 Å². The molecule has 6 heteroatoms. The molecule has 65 heavy (non-hydrogen) atoms. The number of imidazole rings is 1. The van der Waals surface area contributed by atoms with Gasteiger partial charge < -0.3 is 14.0 Å². The number of aromatic nitrogens is 3. The van der Waals surface area contributed by atoms with Gasteiger partial charge in [-0.1, -0.05) is 150 Å². The van der Waals surface area contributed by atoms with Crippen molar-refractivity contribution in [3.05, 3.63) is 198 Å². The van der Waals surface area contributed by atoms with Gasteiger partial charge in [-0.2, -0.15) is 0 Å². The molecule has 0 N–H and O–H groups in total. The van der Waals surface area contributed by atoms with Crippen molar-refractivity contribution in [3.8, 4) is 50.6 Å². The summed E-state index contributed by atoms with van der Waals surface area (Å²) in [5, 5.41) is 1.58. The van der Waals surface area contributed by atoms with E-state index >= 15 is 0 Å². The average molecular weight is 1030 g/mol. The number of fused-ring (bicyclic) bond motifs is 4. The van der Waals surface area contributed by atoms with Crippen LogP contribution in [0.1, 0.15) is 86.7 Å². The molecule has 3 aromatic heterocycles. The molecule has 0 aliphatic heterocycles. The van der Waals surface area contributed by atoms with Crippen molar-refractivity contribution in [3.63, 3.8) is 0 Å². The molecule has 0 fully saturated rings. The van der Waals surface area contributed by atoms with E-state index < -0.39 is 6.85 Å². The Morgan fingerprint density at radius 3 is 2.00 bits per heavy atom. The fourth-order valence-corrected chi connectivity index (χ4v) is 8.47. The van der Waals surface area contributed by atoms with Crippen LogP contribution in [0.5, 0.6) is 0 Å². The largest absolute Gasteiger partial charge is 0.500 e. The summed E-state index contributed by atoms with van der Waals surface area (Å²) in [5.74, 6) is 0.848. The van der Waals surface area contributed by atoms with Gasteiger partial charge in [0.2, 0.25) is 0 Å². The fourth-order valence-electron chi connectivity index (χ4n) is 8.47. The van der Waals surface area contributed by atoms with Gasteiger partial charge in [-0.15, -0.1) is 48.0 Å². The number of rotatable bonds is 7. The average Bonchev–Trinajstić information content (AvgIpc) is 3.90. The summed E-state index contributed by atoms with van der Waals surface area (Å²) in [6.45, 7) is 13.0. The van der Waals surface area contributed by atoms with E-state index in [1.807, 2.05) is 91.0 Å². The first kappa shape index (κ1) is 41.3. The normalized spacial score (nSPS) is 12.5. The minimum atomic E-state index is -2.41. The molecule has 10 aromatic rings. The molecule has 0 saturated heterocycles. The molecule has 0 saturated carbocycles. The Balaban J connectivity index is 0.000000293. The third kappa shape index (κ3) is 8.86. The first-order valence-corrected chi connectivity index (χ1v) is 21.9. The molecule has 3 heterocycles. The Morgan fingerprint density at radius 2 is 1.35 bits per heavy atom. The standard InChI is InChI=1S/C44H37N2O.C15H15FN.Ir/c1-27(2)37-25-32(30-15-8-6-9-16-30)26-38(28(3)4)41(37)46-40-22-13-12-21-39(40)45-44(46)36-20-14-19-34-35-24-23-33(31-17-10-7-11-18-31)29(5)42(35)47-43(34)36;1-15(2,3)12-8-9-17-14(10-12)11-4-6-13(16)7-5-11;/h6-19,21-28H,1-5H3;4,6-10H,1-3H3;/q2*-1;/i5D3;;. The van der Waals surface area contributed by atoms with Crippen molar-refractivity contribution >= 4 is 33.0 Å². The van der Waals surface area contributed by atoms with Crippen LogP contribution in [0.3, 0.4) is 0 Å². The molecular weight excluding hydrogens is 978 g/mol. The molecule has 0 spiro atoms. The van der Waals surface area contributed by atoms with Crippen molar-refractivity contribution in [1.29, 1.82) is 0 Å². The Labute approximate surface area is 399 Å². The Hall–Kier alpha value is -6.46. The van der Waals surface area contributed by atoms with Crippen molar-refractivity contribution in [1.82, 2.24) is 14.5 Å². The molecule has 0 bridgehead atoms. The number of benzene rings is 7. The second kappa shape index (κ2) is 18.6. The third-order valence-corrected chi connectivity index (χ3v) is 11.9. The molecule has 7 aromatic carbocycles. The van der Waals surface area contributed by atoms with Gasteiger partial charge in [-0.25, -0.2) is 0 Å². The molecular formula is C59H52FIrN3O-2. The smallest absolute Gasteiger partial charge is 0.124 e. The van der Waals surface area contributed by atoms with Crippen LogP contribution in [-0.2, 0) is 25.5 Å². The van der Waals surface area contributed by atoms with Crippen molar-refractivity contribution in [2.24, 2.45) is 0 Å². The van der Waals surface area contributed by atoms with Crippen LogP contribution >= 0.6 is 0 Å². The molecule has 1 radical (unpaired) electrons. The number of pyridine rings is 1. The second-order valence-corrected chi connectivity index (χ2v) is 18.0. The molecule has 0 atom stereocenters. The number of hydrogen-bond donors (Lipinski definition) is 0. The molecule has 0 unspecified atom stereocenters. The van der Waals surface area contributed by atoms with Gasteiger partial charge >= 0.3 is 0 Å². The van der Waals surface area contributed by atoms with E-state index in [2.05, 4.69) is 113 Å². The van der Waals surface area contributed by atoms with E-state index in [1.165, 1.54) is 39.9 Å². The van der Waals surface area contributed by atoms with Crippen LogP contribution < -0.4 is 0 Å². The molecule has 327 valence electrons. The van der Waals surface area contributed by atoms with Crippen molar-refractivity contribution in [2.45, 2.75) is 72.6 Å². The number of nitrogens with zero attached hydrogens (tertiary/aromatic N) is 3. The fraction of sp³-hybridized carbons (Fsp3) is 0.186. The topological polar surface area (TPSA) is 43.9 Å². The van der Waals surface area contributed by atoms with Gasteiger partial charge in [0.25, 0.3) is 0 Å². The molecule has 4 nitrogen and oxygen atoms in total. The van der Waals surface area contributed by atoms with E-state index in [0.717, 1.165) is 44.3 Å². The third-order valence-electron chi connectivity index (χ3n) is 11.9. The number of halogens is 1. The maximum Gasteiger partial charge on any atom is 0.124 e. The maximum absolute atomic E-state index is 12.8. The Kier molecular flexibility index (Phi) is 11.8. The van der Waals surface area contributed by atoms with Gasteiger partial charge in [0, 0.05) is 47.3 Å². The van der Waals surface area contributed by atoms with Gasteiger partial charge in [-0.3, -0.25) is 9.37 Å². The number of hydrogen-bond acceptors (Lipinski definition) is 3. The van der Waals surface area contributed by atoms with Crippen molar-refractivity contribution in [2.75, 3.05) is 0 Å². The van der Waals surface area contributed by atoms with Crippen molar-refractivity contribution < 1.29 is 33.0 Å². The van der Waals surface area contributed by atoms with Crippen LogP contribution in [0.4, 0.5) is 4.39 Å². The minimum Gasteiger partial charge on any atom is -0.500 e. The van der Waals surface area contributed by atoms with E-state index in [-0.39, 0.29) is 48.7 Å². The minimum absolute atomic E-state index is 0. The Bertz CT molecular complexity index is 3360. The monoisotopic (exact) mass is 1030 g/mol. The van der Waals surface area contributed by atoms with E-state index in [4.69, 9.17) is 13.5 Å². The summed E-state index contributed by atoms with van der Waals surface area (Å²) >= 11 is 0. The zero-order valence-electron chi connectivity index (χ0n) is 40.6. The summed E-state index contributed by atoms with van der Waals surface area (Å²) in [4.78, 5) is 9.56. The van der Waals surface area contributed by atoms with Gasteiger partial charge in [0.1, 0.15) is 5.58 Å². The number of para-hydroxylation sites is 2.